The van der Waals surface area contributed by atoms with Crippen molar-refractivity contribution in [3.8, 4) is 0 Å². The Kier molecular flexibility index (Phi) is 5.52. The van der Waals surface area contributed by atoms with Crippen LogP contribution in [0.25, 0.3) is 0 Å². The number of amides is 2. The summed E-state index contributed by atoms with van der Waals surface area (Å²) in [5.74, 6) is 0.814. The van der Waals surface area contributed by atoms with Crippen LogP contribution < -0.4 is 0 Å². The van der Waals surface area contributed by atoms with Crippen molar-refractivity contribution in [3.05, 3.63) is 70.2 Å². The molecule has 0 aromatic heterocycles. The van der Waals surface area contributed by atoms with Gasteiger partial charge in [-0.15, -0.1) is 0 Å². The van der Waals surface area contributed by atoms with E-state index in [2.05, 4.69) is 28.1 Å². The van der Waals surface area contributed by atoms with Crippen molar-refractivity contribution in [2.24, 2.45) is 5.92 Å². The van der Waals surface area contributed by atoms with Crippen molar-refractivity contribution in [1.29, 1.82) is 0 Å². The van der Waals surface area contributed by atoms with Crippen LogP contribution in [-0.4, -0.2) is 47.8 Å². The Hall–Kier alpha value is -2.14. The highest BCUT2D eigenvalue weighted by molar-refractivity contribution is 9.10. The van der Waals surface area contributed by atoms with Crippen LogP contribution in [0.15, 0.2) is 59.1 Å². The van der Waals surface area contributed by atoms with Crippen LogP contribution in [0, 0.1) is 5.92 Å². The molecule has 0 N–H and O–H groups in total. The fourth-order valence-electron chi connectivity index (χ4n) is 4.28. The standard InChI is InChI=1S/C24H27BrN2O2/c1-24(2,18-6-4-3-5-7-18)23(29)27-14-12-26(13-15-27)22(28)21-16-20(21)17-8-10-19(25)11-9-17/h3-11,20-21H,12-16H2,1-2H3. The first-order valence-corrected chi connectivity index (χ1v) is 11.1. The highest BCUT2D eigenvalue weighted by Crippen LogP contribution is 2.48. The van der Waals surface area contributed by atoms with Crippen LogP contribution in [-0.2, 0) is 15.0 Å². The predicted octanol–water partition coefficient (Wildman–Crippen LogP) is 4.20. The molecular weight excluding hydrogens is 428 g/mol. The number of benzene rings is 2. The van der Waals surface area contributed by atoms with Gasteiger partial charge in [-0.1, -0.05) is 58.4 Å². The van der Waals surface area contributed by atoms with Gasteiger partial charge in [0.05, 0.1) is 5.41 Å². The van der Waals surface area contributed by atoms with E-state index in [-0.39, 0.29) is 17.7 Å². The predicted molar refractivity (Wildman–Crippen MR) is 118 cm³/mol. The molecule has 5 heteroatoms. The number of piperazine rings is 1. The van der Waals surface area contributed by atoms with E-state index in [1.165, 1.54) is 5.56 Å². The largest absolute Gasteiger partial charge is 0.339 e. The Labute approximate surface area is 181 Å². The van der Waals surface area contributed by atoms with E-state index in [1.54, 1.807) is 0 Å². The highest BCUT2D eigenvalue weighted by Gasteiger charge is 2.46. The SMILES string of the molecule is CC(C)(C(=O)N1CCN(C(=O)C2CC2c2ccc(Br)cc2)CC1)c1ccccc1. The molecule has 4 nitrogen and oxygen atoms in total. The van der Waals surface area contributed by atoms with Crippen LogP contribution >= 0.6 is 15.9 Å². The molecular formula is C24H27BrN2O2. The van der Waals surface area contributed by atoms with Gasteiger partial charge in [0, 0.05) is 36.6 Å². The smallest absolute Gasteiger partial charge is 0.232 e. The molecule has 1 saturated carbocycles. The Morgan fingerprint density at radius 2 is 1.48 bits per heavy atom. The molecule has 2 amide bonds. The first-order valence-electron chi connectivity index (χ1n) is 10.3. The lowest BCUT2D eigenvalue weighted by atomic mass is 9.83. The van der Waals surface area contributed by atoms with Gasteiger partial charge >= 0.3 is 0 Å². The van der Waals surface area contributed by atoms with Crippen LogP contribution in [0.4, 0.5) is 0 Å². The number of carbonyl (C=O) groups is 2. The van der Waals surface area contributed by atoms with Gasteiger partial charge < -0.3 is 9.80 Å². The molecule has 1 heterocycles. The lowest BCUT2D eigenvalue weighted by molar-refractivity contribution is -0.143. The minimum Gasteiger partial charge on any atom is -0.339 e. The summed E-state index contributed by atoms with van der Waals surface area (Å²) in [6.45, 7) is 6.43. The third-order valence-electron chi connectivity index (χ3n) is 6.31. The topological polar surface area (TPSA) is 40.6 Å². The molecule has 1 aliphatic heterocycles. The van der Waals surface area contributed by atoms with E-state index in [1.807, 2.05) is 66.1 Å². The van der Waals surface area contributed by atoms with Gasteiger partial charge in [0.25, 0.3) is 0 Å². The molecule has 0 bridgehead atoms. The van der Waals surface area contributed by atoms with E-state index in [9.17, 15) is 9.59 Å². The van der Waals surface area contributed by atoms with Crippen molar-refractivity contribution in [2.75, 3.05) is 26.2 Å². The van der Waals surface area contributed by atoms with Crippen LogP contribution in [0.2, 0.25) is 0 Å². The van der Waals surface area contributed by atoms with Crippen molar-refractivity contribution in [3.63, 3.8) is 0 Å². The third kappa shape index (κ3) is 4.11. The summed E-state index contributed by atoms with van der Waals surface area (Å²) >= 11 is 3.46. The van der Waals surface area contributed by atoms with Gasteiger partial charge in [-0.25, -0.2) is 0 Å². The second-order valence-corrected chi connectivity index (χ2v) is 9.52. The molecule has 1 aliphatic carbocycles. The molecule has 4 rings (SSSR count). The number of carbonyl (C=O) groups excluding carboxylic acids is 2. The summed E-state index contributed by atoms with van der Waals surface area (Å²) in [4.78, 5) is 29.9. The first-order chi connectivity index (χ1) is 13.9. The minimum absolute atomic E-state index is 0.0965. The second kappa shape index (κ2) is 7.94. The second-order valence-electron chi connectivity index (χ2n) is 8.61. The summed E-state index contributed by atoms with van der Waals surface area (Å²) < 4.78 is 1.06. The highest BCUT2D eigenvalue weighted by atomic mass is 79.9. The average molecular weight is 455 g/mol. The summed E-state index contributed by atoms with van der Waals surface area (Å²) in [5, 5.41) is 0. The summed E-state index contributed by atoms with van der Waals surface area (Å²) in [7, 11) is 0. The molecule has 2 unspecified atom stereocenters. The maximum atomic E-state index is 13.1. The average Bonchev–Trinajstić information content (AvgIpc) is 3.55. The fraction of sp³-hybridized carbons (Fsp3) is 0.417. The van der Waals surface area contributed by atoms with Gasteiger partial charge in [-0.05, 0) is 49.4 Å². The van der Waals surface area contributed by atoms with Gasteiger partial charge in [0.2, 0.25) is 11.8 Å². The summed E-state index contributed by atoms with van der Waals surface area (Å²) in [6, 6.07) is 18.2. The zero-order valence-electron chi connectivity index (χ0n) is 17.0. The first kappa shape index (κ1) is 20.1. The molecule has 2 aromatic rings. The van der Waals surface area contributed by atoms with Gasteiger partial charge in [-0.2, -0.15) is 0 Å². The molecule has 29 heavy (non-hydrogen) atoms. The zero-order valence-corrected chi connectivity index (χ0v) is 18.6. The Bertz CT molecular complexity index is 887. The van der Waals surface area contributed by atoms with E-state index in [0.29, 0.717) is 32.1 Å². The van der Waals surface area contributed by atoms with Crippen molar-refractivity contribution < 1.29 is 9.59 Å². The fourth-order valence-corrected chi connectivity index (χ4v) is 4.55. The number of rotatable bonds is 4. The maximum absolute atomic E-state index is 13.1. The monoisotopic (exact) mass is 454 g/mol. The van der Waals surface area contributed by atoms with E-state index < -0.39 is 5.41 Å². The Morgan fingerprint density at radius 3 is 2.10 bits per heavy atom. The van der Waals surface area contributed by atoms with Gasteiger partial charge in [-0.3, -0.25) is 9.59 Å². The van der Waals surface area contributed by atoms with Gasteiger partial charge in [0.1, 0.15) is 0 Å². The van der Waals surface area contributed by atoms with Crippen molar-refractivity contribution in [1.82, 2.24) is 9.80 Å². The molecule has 2 atom stereocenters. The summed E-state index contributed by atoms with van der Waals surface area (Å²) in [5.41, 5.74) is 1.71. The molecule has 0 spiro atoms. The zero-order chi connectivity index (χ0) is 20.6. The molecule has 1 saturated heterocycles. The van der Waals surface area contributed by atoms with Crippen molar-refractivity contribution >= 4 is 27.7 Å². The lowest BCUT2D eigenvalue weighted by Gasteiger charge is -2.39. The molecule has 2 fully saturated rings. The van der Waals surface area contributed by atoms with Crippen LogP contribution in [0.5, 0.6) is 0 Å². The Balaban J connectivity index is 1.33. The quantitative estimate of drug-likeness (QED) is 0.694. The van der Waals surface area contributed by atoms with E-state index in [4.69, 9.17) is 0 Å². The Morgan fingerprint density at radius 1 is 0.897 bits per heavy atom. The lowest BCUT2D eigenvalue weighted by Crippen LogP contribution is -2.54. The molecule has 2 aliphatic rings. The maximum Gasteiger partial charge on any atom is 0.232 e. The van der Waals surface area contributed by atoms with E-state index in [0.717, 1.165) is 16.5 Å². The number of nitrogens with zero attached hydrogens (tertiary/aromatic N) is 2. The third-order valence-corrected chi connectivity index (χ3v) is 6.84. The minimum atomic E-state index is -0.559. The van der Waals surface area contributed by atoms with Crippen LogP contribution in [0.1, 0.15) is 37.3 Å². The number of hydrogen-bond acceptors (Lipinski definition) is 2. The molecule has 152 valence electrons. The van der Waals surface area contributed by atoms with Crippen molar-refractivity contribution in [2.45, 2.75) is 31.6 Å². The van der Waals surface area contributed by atoms with E-state index >= 15 is 0 Å². The summed E-state index contributed by atoms with van der Waals surface area (Å²) in [6.07, 6.45) is 0.931. The van der Waals surface area contributed by atoms with Gasteiger partial charge in [0.15, 0.2) is 0 Å². The normalized spacial score (nSPS) is 21.8. The number of halogens is 1. The number of hydrogen-bond donors (Lipinski definition) is 0. The molecule has 0 radical (unpaired) electrons. The molecule has 2 aromatic carbocycles. The van der Waals surface area contributed by atoms with Crippen LogP contribution in [0.3, 0.4) is 0 Å².